The number of hydrogen-bond donors (Lipinski definition) is 1. The summed E-state index contributed by atoms with van der Waals surface area (Å²) in [5.74, 6) is 1.07. The number of nitrogens with one attached hydrogen (secondary N) is 1. The SMILES string of the molecule is CCCNCc1nccn1Cc1cncc(C)c1. The summed E-state index contributed by atoms with van der Waals surface area (Å²) in [6.45, 7) is 6.91. The summed E-state index contributed by atoms with van der Waals surface area (Å²) in [5, 5.41) is 3.38. The van der Waals surface area contributed by atoms with Crippen LogP contribution >= 0.6 is 0 Å². The Labute approximate surface area is 108 Å². The highest BCUT2D eigenvalue weighted by atomic mass is 15.1. The van der Waals surface area contributed by atoms with Crippen molar-refractivity contribution in [2.24, 2.45) is 0 Å². The van der Waals surface area contributed by atoms with Crippen molar-refractivity contribution in [1.29, 1.82) is 0 Å². The highest BCUT2D eigenvalue weighted by molar-refractivity contribution is 5.17. The fraction of sp³-hybridized carbons (Fsp3) is 0.429. The summed E-state index contributed by atoms with van der Waals surface area (Å²) in [6.07, 6.45) is 8.80. The lowest BCUT2D eigenvalue weighted by molar-refractivity contribution is 0.615. The molecule has 0 unspecified atom stereocenters. The number of imidazole rings is 1. The van der Waals surface area contributed by atoms with Crippen molar-refractivity contribution in [1.82, 2.24) is 19.9 Å². The maximum Gasteiger partial charge on any atom is 0.122 e. The molecule has 4 nitrogen and oxygen atoms in total. The number of pyridine rings is 1. The minimum atomic E-state index is 0.820. The fourth-order valence-corrected chi connectivity index (χ4v) is 1.93. The molecule has 1 N–H and O–H groups in total. The van der Waals surface area contributed by atoms with Gasteiger partial charge < -0.3 is 9.88 Å². The molecule has 0 saturated heterocycles. The summed E-state index contributed by atoms with van der Waals surface area (Å²) in [5.41, 5.74) is 2.41. The normalized spacial score (nSPS) is 10.8. The Morgan fingerprint density at radius 1 is 1.33 bits per heavy atom. The molecule has 0 fully saturated rings. The molecule has 0 radical (unpaired) electrons. The standard InChI is InChI=1S/C14H20N4/c1-3-4-15-10-14-17-5-6-18(14)11-13-7-12(2)8-16-9-13/h5-9,15H,3-4,10-11H2,1-2H3. The Morgan fingerprint density at radius 2 is 2.22 bits per heavy atom. The van der Waals surface area contributed by atoms with Crippen LogP contribution in [-0.4, -0.2) is 21.1 Å². The number of hydrogen-bond acceptors (Lipinski definition) is 3. The summed E-state index contributed by atoms with van der Waals surface area (Å²) in [4.78, 5) is 8.61. The third-order valence-electron chi connectivity index (χ3n) is 2.80. The molecule has 0 amide bonds. The van der Waals surface area contributed by atoms with E-state index in [9.17, 15) is 0 Å². The topological polar surface area (TPSA) is 42.7 Å². The van der Waals surface area contributed by atoms with Crippen LogP contribution in [0.2, 0.25) is 0 Å². The van der Waals surface area contributed by atoms with E-state index < -0.39 is 0 Å². The van der Waals surface area contributed by atoms with Gasteiger partial charge in [-0.2, -0.15) is 0 Å². The van der Waals surface area contributed by atoms with E-state index in [1.807, 2.05) is 24.8 Å². The molecule has 2 aromatic heterocycles. The van der Waals surface area contributed by atoms with Crippen LogP contribution in [0.25, 0.3) is 0 Å². The van der Waals surface area contributed by atoms with E-state index in [4.69, 9.17) is 0 Å². The van der Waals surface area contributed by atoms with Crippen LogP contribution in [0.3, 0.4) is 0 Å². The zero-order valence-corrected chi connectivity index (χ0v) is 11.1. The second-order valence-corrected chi connectivity index (χ2v) is 4.52. The van der Waals surface area contributed by atoms with Gasteiger partial charge in [0.05, 0.1) is 13.1 Å². The summed E-state index contributed by atoms with van der Waals surface area (Å²) >= 11 is 0. The average molecular weight is 244 g/mol. The van der Waals surface area contributed by atoms with Gasteiger partial charge >= 0.3 is 0 Å². The number of aromatic nitrogens is 3. The van der Waals surface area contributed by atoms with E-state index in [0.29, 0.717) is 0 Å². The molecule has 4 heteroatoms. The van der Waals surface area contributed by atoms with Crippen LogP contribution in [0.1, 0.15) is 30.3 Å². The van der Waals surface area contributed by atoms with Crippen molar-refractivity contribution in [3.05, 3.63) is 47.8 Å². The van der Waals surface area contributed by atoms with E-state index in [0.717, 1.165) is 31.9 Å². The van der Waals surface area contributed by atoms with E-state index in [1.165, 1.54) is 11.1 Å². The van der Waals surface area contributed by atoms with Crippen molar-refractivity contribution < 1.29 is 0 Å². The van der Waals surface area contributed by atoms with Crippen molar-refractivity contribution in [3.8, 4) is 0 Å². The van der Waals surface area contributed by atoms with Gasteiger partial charge in [-0.1, -0.05) is 13.0 Å². The first kappa shape index (κ1) is 12.8. The molecule has 2 rings (SSSR count). The molecule has 18 heavy (non-hydrogen) atoms. The molecule has 0 aromatic carbocycles. The number of rotatable bonds is 6. The van der Waals surface area contributed by atoms with E-state index in [1.54, 1.807) is 0 Å². The van der Waals surface area contributed by atoms with Crippen molar-refractivity contribution >= 4 is 0 Å². The first-order chi connectivity index (χ1) is 8.79. The Kier molecular flexibility index (Phi) is 4.47. The average Bonchev–Trinajstić information content (AvgIpc) is 2.77. The van der Waals surface area contributed by atoms with Crippen LogP contribution in [-0.2, 0) is 13.1 Å². The van der Waals surface area contributed by atoms with Crippen LogP contribution in [0, 0.1) is 6.92 Å². The van der Waals surface area contributed by atoms with Gasteiger partial charge in [0, 0.05) is 24.8 Å². The van der Waals surface area contributed by atoms with Crippen LogP contribution in [0.15, 0.2) is 30.9 Å². The van der Waals surface area contributed by atoms with Crippen LogP contribution in [0.4, 0.5) is 0 Å². The van der Waals surface area contributed by atoms with Crippen LogP contribution in [0.5, 0.6) is 0 Å². The van der Waals surface area contributed by atoms with Gasteiger partial charge in [-0.3, -0.25) is 4.98 Å². The third-order valence-corrected chi connectivity index (χ3v) is 2.80. The Balaban J connectivity index is 2.03. The largest absolute Gasteiger partial charge is 0.329 e. The molecule has 2 heterocycles. The number of aryl methyl sites for hydroxylation is 1. The number of nitrogens with zero attached hydrogens (tertiary/aromatic N) is 3. The summed E-state index contributed by atoms with van der Waals surface area (Å²) < 4.78 is 2.17. The minimum Gasteiger partial charge on any atom is -0.329 e. The summed E-state index contributed by atoms with van der Waals surface area (Å²) in [7, 11) is 0. The zero-order valence-electron chi connectivity index (χ0n) is 11.1. The van der Waals surface area contributed by atoms with E-state index in [2.05, 4.69) is 39.8 Å². The van der Waals surface area contributed by atoms with Crippen molar-refractivity contribution in [2.75, 3.05) is 6.54 Å². The smallest absolute Gasteiger partial charge is 0.122 e. The third kappa shape index (κ3) is 3.40. The Bertz CT molecular complexity index is 490. The molecule has 2 aromatic rings. The van der Waals surface area contributed by atoms with Gasteiger partial charge in [-0.05, 0) is 31.0 Å². The monoisotopic (exact) mass is 244 g/mol. The lowest BCUT2D eigenvalue weighted by Crippen LogP contribution is -2.18. The highest BCUT2D eigenvalue weighted by Crippen LogP contribution is 2.06. The van der Waals surface area contributed by atoms with E-state index in [-0.39, 0.29) is 0 Å². The van der Waals surface area contributed by atoms with Gasteiger partial charge in [0.2, 0.25) is 0 Å². The summed E-state index contributed by atoms with van der Waals surface area (Å²) in [6, 6.07) is 2.16. The molecular weight excluding hydrogens is 224 g/mol. The molecule has 96 valence electrons. The predicted molar refractivity (Wildman–Crippen MR) is 72.3 cm³/mol. The first-order valence-electron chi connectivity index (χ1n) is 6.41. The maximum atomic E-state index is 4.39. The molecule has 0 aliphatic carbocycles. The van der Waals surface area contributed by atoms with Gasteiger partial charge in [0.25, 0.3) is 0 Å². The highest BCUT2D eigenvalue weighted by Gasteiger charge is 2.03. The Morgan fingerprint density at radius 3 is 3.00 bits per heavy atom. The fourth-order valence-electron chi connectivity index (χ4n) is 1.93. The van der Waals surface area contributed by atoms with E-state index >= 15 is 0 Å². The maximum absolute atomic E-state index is 4.39. The quantitative estimate of drug-likeness (QED) is 0.792. The predicted octanol–water partition coefficient (Wildman–Crippen LogP) is 2.13. The Hall–Kier alpha value is -1.68. The lowest BCUT2D eigenvalue weighted by Gasteiger charge is -2.09. The molecular formula is C14H20N4. The van der Waals surface area contributed by atoms with Crippen molar-refractivity contribution in [3.63, 3.8) is 0 Å². The second-order valence-electron chi connectivity index (χ2n) is 4.52. The molecule has 0 spiro atoms. The molecule has 0 atom stereocenters. The van der Waals surface area contributed by atoms with Crippen LogP contribution < -0.4 is 5.32 Å². The minimum absolute atomic E-state index is 0.820. The molecule has 0 aliphatic heterocycles. The molecule has 0 aliphatic rings. The zero-order chi connectivity index (χ0) is 12.8. The molecule has 0 bridgehead atoms. The second kappa shape index (κ2) is 6.31. The first-order valence-corrected chi connectivity index (χ1v) is 6.41. The van der Waals surface area contributed by atoms with Gasteiger partial charge in [-0.15, -0.1) is 0 Å². The van der Waals surface area contributed by atoms with Gasteiger partial charge in [-0.25, -0.2) is 4.98 Å². The van der Waals surface area contributed by atoms with Gasteiger partial charge in [0.1, 0.15) is 5.82 Å². The molecule has 0 saturated carbocycles. The van der Waals surface area contributed by atoms with Gasteiger partial charge in [0.15, 0.2) is 0 Å². The van der Waals surface area contributed by atoms with Crippen molar-refractivity contribution in [2.45, 2.75) is 33.4 Å². The lowest BCUT2D eigenvalue weighted by atomic mass is 10.2.